The molecule has 5 nitrogen and oxygen atoms in total. The summed E-state index contributed by atoms with van der Waals surface area (Å²) >= 11 is 1.22. The topological polar surface area (TPSA) is 60.3 Å². The summed E-state index contributed by atoms with van der Waals surface area (Å²) in [7, 11) is -2.08. The van der Waals surface area contributed by atoms with Crippen molar-refractivity contribution in [1.29, 1.82) is 0 Å². The van der Waals surface area contributed by atoms with Gasteiger partial charge in [-0.25, -0.2) is 8.42 Å². The lowest BCUT2D eigenvalue weighted by Gasteiger charge is -2.13. The molecule has 0 saturated heterocycles. The summed E-state index contributed by atoms with van der Waals surface area (Å²) in [6.45, 7) is 1.94. The molecule has 1 N–H and O–H groups in total. The van der Waals surface area contributed by atoms with E-state index >= 15 is 0 Å². The average molecular weight is 415 g/mol. The van der Waals surface area contributed by atoms with Crippen LogP contribution in [0.15, 0.2) is 65.1 Å². The van der Waals surface area contributed by atoms with Crippen molar-refractivity contribution in [2.75, 3.05) is 11.8 Å². The smallest absolute Gasteiger partial charge is 0.271 e. The van der Waals surface area contributed by atoms with Gasteiger partial charge in [-0.2, -0.15) is 0 Å². The maximum atomic E-state index is 13.0. The number of anilines is 1. The van der Waals surface area contributed by atoms with E-state index in [2.05, 4.69) is 10.8 Å². The minimum absolute atomic E-state index is 0.265. The maximum Gasteiger partial charge on any atom is 0.271 e. The third-order valence-corrected chi connectivity index (χ3v) is 7.55. The van der Waals surface area contributed by atoms with Crippen molar-refractivity contribution in [2.45, 2.75) is 24.0 Å². The van der Waals surface area contributed by atoms with Crippen LogP contribution in [-0.4, -0.2) is 20.1 Å². The molecule has 1 saturated carbocycles. The number of methoxy groups -OCH3 is 1. The van der Waals surface area contributed by atoms with Crippen LogP contribution in [0.2, 0.25) is 0 Å². The van der Waals surface area contributed by atoms with Crippen molar-refractivity contribution >= 4 is 32.8 Å². The lowest BCUT2D eigenvalue weighted by molar-refractivity contribution is 0.369. The molecule has 2 heterocycles. The molecule has 0 unspecified atom stereocenters. The van der Waals surface area contributed by atoms with E-state index in [0.29, 0.717) is 11.6 Å². The Morgan fingerprint density at radius 3 is 2.64 bits per heavy atom. The Bertz CT molecular complexity index is 1110. The molecule has 0 spiro atoms. The first-order chi connectivity index (χ1) is 13.5. The quantitative estimate of drug-likeness (QED) is 0.551. The Labute approximate surface area is 169 Å². The second-order valence-corrected chi connectivity index (χ2v) is 9.90. The van der Waals surface area contributed by atoms with E-state index < -0.39 is 10.0 Å². The molecule has 1 aliphatic carbocycles. The fourth-order valence-corrected chi connectivity index (χ4v) is 5.35. The van der Waals surface area contributed by atoms with Gasteiger partial charge in [-0.3, -0.25) is 4.72 Å². The molecule has 0 atom stereocenters. The molecule has 0 amide bonds. The number of sulfonamides is 1. The predicted molar refractivity (Wildman–Crippen MR) is 113 cm³/mol. The molecule has 1 fully saturated rings. The largest absolute Gasteiger partial charge is 0.496 e. The third kappa shape index (κ3) is 4.00. The monoisotopic (exact) mass is 414 g/mol. The Balaban J connectivity index is 1.65. The molecular weight excluding hydrogens is 392 g/mol. The van der Waals surface area contributed by atoms with E-state index in [1.807, 2.05) is 54.2 Å². The Morgan fingerprint density at radius 1 is 1.21 bits per heavy atom. The SMILES string of the molecule is CO/C(=C\C1CC1)c1ccc(S(=O)(=O)Nc2cc(C)ccc2-n2cccc2)s1. The predicted octanol–water partition coefficient (Wildman–Crippen LogP) is 5.05. The van der Waals surface area contributed by atoms with Gasteiger partial charge < -0.3 is 9.30 Å². The summed E-state index contributed by atoms with van der Waals surface area (Å²) in [6, 6.07) is 13.0. The van der Waals surface area contributed by atoms with Gasteiger partial charge in [-0.1, -0.05) is 6.07 Å². The van der Waals surface area contributed by atoms with Crippen LogP contribution < -0.4 is 4.72 Å². The highest BCUT2D eigenvalue weighted by molar-refractivity contribution is 7.94. The van der Waals surface area contributed by atoms with Crippen LogP contribution in [0.1, 0.15) is 23.3 Å². The second kappa shape index (κ2) is 7.48. The highest BCUT2D eigenvalue weighted by Crippen LogP contribution is 2.36. The van der Waals surface area contributed by atoms with E-state index in [0.717, 1.165) is 21.9 Å². The van der Waals surface area contributed by atoms with Gasteiger partial charge >= 0.3 is 0 Å². The van der Waals surface area contributed by atoms with Crippen LogP contribution in [0.3, 0.4) is 0 Å². The average Bonchev–Trinajstić information content (AvgIpc) is 3.12. The lowest BCUT2D eigenvalue weighted by Crippen LogP contribution is -2.13. The highest BCUT2D eigenvalue weighted by atomic mass is 32.2. The molecule has 7 heteroatoms. The van der Waals surface area contributed by atoms with E-state index in [1.54, 1.807) is 19.2 Å². The molecule has 146 valence electrons. The number of hydrogen-bond donors (Lipinski definition) is 1. The van der Waals surface area contributed by atoms with Crippen LogP contribution >= 0.6 is 11.3 Å². The number of rotatable bonds is 7. The molecule has 4 rings (SSSR count). The molecule has 1 aromatic carbocycles. The molecule has 2 aromatic heterocycles. The van der Waals surface area contributed by atoms with Crippen molar-refractivity contribution in [3.05, 3.63) is 71.4 Å². The zero-order valence-corrected chi connectivity index (χ0v) is 17.4. The normalized spacial score (nSPS) is 14.9. The third-order valence-electron chi connectivity index (χ3n) is 4.60. The molecular formula is C21H22N2O3S2. The van der Waals surface area contributed by atoms with E-state index in [1.165, 1.54) is 24.2 Å². The second-order valence-electron chi connectivity index (χ2n) is 6.91. The fourth-order valence-electron chi connectivity index (χ4n) is 2.97. The summed E-state index contributed by atoms with van der Waals surface area (Å²) in [5, 5.41) is 0. The van der Waals surface area contributed by atoms with Gasteiger partial charge in [0.05, 0.1) is 23.4 Å². The zero-order valence-electron chi connectivity index (χ0n) is 15.8. The van der Waals surface area contributed by atoms with Gasteiger partial charge in [0.1, 0.15) is 9.97 Å². The number of benzene rings is 1. The maximum absolute atomic E-state index is 13.0. The van der Waals surface area contributed by atoms with Gasteiger partial charge in [0, 0.05) is 12.4 Å². The number of nitrogens with zero attached hydrogens (tertiary/aromatic N) is 1. The Hall–Kier alpha value is -2.51. The number of hydrogen-bond acceptors (Lipinski definition) is 4. The molecule has 0 radical (unpaired) electrons. The fraction of sp³-hybridized carbons (Fsp3) is 0.238. The minimum Gasteiger partial charge on any atom is -0.496 e. The van der Waals surface area contributed by atoms with Crippen molar-refractivity contribution in [1.82, 2.24) is 4.57 Å². The van der Waals surface area contributed by atoms with Gasteiger partial charge in [0.15, 0.2) is 0 Å². The van der Waals surface area contributed by atoms with Crippen LogP contribution in [0, 0.1) is 12.8 Å². The van der Waals surface area contributed by atoms with Crippen LogP contribution in [0.25, 0.3) is 11.4 Å². The number of ether oxygens (including phenoxy) is 1. The summed E-state index contributed by atoms with van der Waals surface area (Å²) in [4.78, 5) is 0.824. The minimum atomic E-state index is -3.71. The summed E-state index contributed by atoms with van der Waals surface area (Å²) in [5.41, 5.74) is 2.31. The van der Waals surface area contributed by atoms with Crippen molar-refractivity contribution in [3.63, 3.8) is 0 Å². The molecule has 0 bridgehead atoms. The van der Waals surface area contributed by atoms with Crippen molar-refractivity contribution in [2.24, 2.45) is 5.92 Å². The highest BCUT2D eigenvalue weighted by Gasteiger charge is 2.23. The van der Waals surface area contributed by atoms with E-state index in [9.17, 15) is 8.42 Å². The van der Waals surface area contributed by atoms with Gasteiger partial charge in [0.25, 0.3) is 10.0 Å². The molecule has 28 heavy (non-hydrogen) atoms. The Morgan fingerprint density at radius 2 is 1.96 bits per heavy atom. The van der Waals surface area contributed by atoms with Gasteiger partial charge in [-0.05, 0) is 73.7 Å². The Kier molecular flexibility index (Phi) is 5.03. The van der Waals surface area contributed by atoms with Crippen LogP contribution in [-0.2, 0) is 14.8 Å². The van der Waals surface area contributed by atoms with Crippen LogP contribution in [0.5, 0.6) is 0 Å². The first kappa shape index (κ1) is 18.8. The zero-order chi connectivity index (χ0) is 19.7. The molecule has 0 aliphatic heterocycles. The van der Waals surface area contributed by atoms with E-state index in [-0.39, 0.29) is 4.21 Å². The van der Waals surface area contributed by atoms with Crippen LogP contribution in [0.4, 0.5) is 5.69 Å². The van der Waals surface area contributed by atoms with Gasteiger partial charge in [-0.15, -0.1) is 11.3 Å². The standard InChI is InChI=1S/C21H22N2O3S2/c1-15-5-8-18(23-11-3-4-12-23)17(13-15)22-28(24,25)21-10-9-20(27-21)19(26-2)14-16-6-7-16/h3-5,8-14,16,22H,6-7H2,1-2H3/b19-14-. The molecule has 1 aliphatic rings. The van der Waals surface area contributed by atoms with Crippen molar-refractivity contribution in [3.8, 4) is 5.69 Å². The number of nitrogens with one attached hydrogen (secondary N) is 1. The molecule has 3 aromatic rings. The summed E-state index contributed by atoms with van der Waals surface area (Å²) in [6.07, 6.45) is 8.19. The van der Waals surface area contributed by atoms with Crippen molar-refractivity contribution < 1.29 is 13.2 Å². The number of allylic oxidation sites excluding steroid dienone is 1. The summed E-state index contributed by atoms with van der Waals surface area (Å²) in [5.74, 6) is 1.30. The first-order valence-corrected chi connectivity index (χ1v) is 11.4. The summed E-state index contributed by atoms with van der Waals surface area (Å²) < 4.78 is 36.4. The number of aryl methyl sites for hydroxylation is 1. The van der Waals surface area contributed by atoms with E-state index in [4.69, 9.17) is 4.74 Å². The van der Waals surface area contributed by atoms with Gasteiger partial charge in [0.2, 0.25) is 0 Å². The number of aromatic nitrogens is 1. The lowest BCUT2D eigenvalue weighted by atomic mass is 10.2. The number of thiophene rings is 1. The first-order valence-electron chi connectivity index (χ1n) is 9.09.